The SMILES string of the molecule is CC1CCN(C(=O)c2ccnc(O[C@H]3CCOC3)c2)CC1. The van der Waals surface area contributed by atoms with Crippen LogP contribution in [0.4, 0.5) is 0 Å². The third-order valence-corrected chi connectivity index (χ3v) is 4.23. The zero-order valence-corrected chi connectivity index (χ0v) is 12.5. The van der Waals surface area contributed by atoms with Crippen molar-refractivity contribution in [3.05, 3.63) is 23.9 Å². The molecule has 2 saturated heterocycles. The summed E-state index contributed by atoms with van der Waals surface area (Å²) in [7, 11) is 0. The van der Waals surface area contributed by atoms with Gasteiger partial charge in [-0.15, -0.1) is 0 Å². The molecular formula is C16H22N2O3. The minimum Gasteiger partial charge on any atom is -0.472 e. The van der Waals surface area contributed by atoms with E-state index < -0.39 is 0 Å². The number of aromatic nitrogens is 1. The minimum absolute atomic E-state index is 0.0543. The van der Waals surface area contributed by atoms with Crippen LogP contribution in [0, 0.1) is 5.92 Å². The summed E-state index contributed by atoms with van der Waals surface area (Å²) in [5, 5.41) is 0. The second-order valence-corrected chi connectivity index (χ2v) is 5.96. The Morgan fingerprint density at radius 2 is 2.19 bits per heavy atom. The van der Waals surface area contributed by atoms with E-state index >= 15 is 0 Å². The summed E-state index contributed by atoms with van der Waals surface area (Å²) in [5.41, 5.74) is 0.661. The van der Waals surface area contributed by atoms with Gasteiger partial charge in [-0.05, 0) is 24.8 Å². The first-order valence-corrected chi connectivity index (χ1v) is 7.72. The van der Waals surface area contributed by atoms with Crippen LogP contribution in [0.1, 0.15) is 36.5 Å². The second-order valence-electron chi connectivity index (χ2n) is 5.96. The maximum absolute atomic E-state index is 12.5. The van der Waals surface area contributed by atoms with Crippen molar-refractivity contribution in [2.45, 2.75) is 32.3 Å². The van der Waals surface area contributed by atoms with Crippen molar-refractivity contribution in [2.75, 3.05) is 26.3 Å². The van der Waals surface area contributed by atoms with Gasteiger partial charge in [-0.1, -0.05) is 6.92 Å². The van der Waals surface area contributed by atoms with E-state index in [1.165, 1.54) is 0 Å². The Hall–Kier alpha value is -1.62. The lowest BCUT2D eigenvalue weighted by atomic mass is 9.99. The van der Waals surface area contributed by atoms with Crippen LogP contribution in [0.5, 0.6) is 5.88 Å². The van der Waals surface area contributed by atoms with Crippen LogP contribution >= 0.6 is 0 Å². The van der Waals surface area contributed by atoms with Gasteiger partial charge < -0.3 is 14.4 Å². The molecule has 0 N–H and O–H groups in total. The molecule has 1 aromatic rings. The lowest BCUT2D eigenvalue weighted by Gasteiger charge is -2.30. The molecule has 5 nitrogen and oxygen atoms in total. The first kappa shape index (κ1) is 14.3. The van der Waals surface area contributed by atoms with E-state index in [-0.39, 0.29) is 12.0 Å². The number of piperidine rings is 1. The number of likely N-dealkylation sites (tertiary alicyclic amines) is 1. The maximum atomic E-state index is 12.5. The van der Waals surface area contributed by atoms with Crippen LogP contribution in [0.3, 0.4) is 0 Å². The molecule has 0 unspecified atom stereocenters. The van der Waals surface area contributed by atoms with E-state index in [1.54, 1.807) is 18.3 Å². The zero-order valence-electron chi connectivity index (χ0n) is 12.5. The summed E-state index contributed by atoms with van der Waals surface area (Å²) < 4.78 is 11.0. The molecule has 114 valence electrons. The van der Waals surface area contributed by atoms with Gasteiger partial charge in [0.15, 0.2) is 0 Å². The van der Waals surface area contributed by atoms with Gasteiger partial charge in [-0.25, -0.2) is 4.98 Å². The van der Waals surface area contributed by atoms with Gasteiger partial charge in [0.05, 0.1) is 13.2 Å². The lowest BCUT2D eigenvalue weighted by molar-refractivity contribution is 0.0696. The van der Waals surface area contributed by atoms with E-state index in [9.17, 15) is 4.79 Å². The Kier molecular flexibility index (Phi) is 4.39. The van der Waals surface area contributed by atoms with Gasteiger partial charge >= 0.3 is 0 Å². The molecule has 1 aromatic heterocycles. The number of nitrogens with zero attached hydrogens (tertiary/aromatic N) is 2. The first-order chi connectivity index (χ1) is 10.2. The minimum atomic E-state index is 0.0543. The molecular weight excluding hydrogens is 268 g/mol. The van der Waals surface area contributed by atoms with Crippen molar-refractivity contribution >= 4 is 5.91 Å². The molecule has 0 bridgehead atoms. The van der Waals surface area contributed by atoms with Crippen LogP contribution in [0.2, 0.25) is 0 Å². The Labute approximate surface area is 125 Å². The Morgan fingerprint density at radius 3 is 2.90 bits per heavy atom. The highest BCUT2D eigenvalue weighted by Crippen LogP contribution is 2.20. The van der Waals surface area contributed by atoms with Gasteiger partial charge in [0.1, 0.15) is 6.10 Å². The number of hydrogen-bond acceptors (Lipinski definition) is 4. The number of carbonyl (C=O) groups excluding carboxylic acids is 1. The number of amides is 1. The Bertz CT molecular complexity index is 492. The molecule has 3 heterocycles. The van der Waals surface area contributed by atoms with Crippen LogP contribution in [-0.4, -0.2) is 48.2 Å². The zero-order chi connectivity index (χ0) is 14.7. The molecule has 0 radical (unpaired) electrons. The number of rotatable bonds is 3. The van der Waals surface area contributed by atoms with Crippen molar-refractivity contribution in [1.82, 2.24) is 9.88 Å². The molecule has 2 fully saturated rings. The molecule has 0 aliphatic carbocycles. The largest absolute Gasteiger partial charge is 0.472 e. The first-order valence-electron chi connectivity index (χ1n) is 7.72. The molecule has 1 amide bonds. The van der Waals surface area contributed by atoms with Gasteiger partial charge in [0, 0.05) is 37.3 Å². The highest BCUT2D eigenvalue weighted by Gasteiger charge is 2.23. The molecule has 5 heteroatoms. The third kappa shape index (κ3) is 3.53. The smallest absolute Gasteiger partial charge is 0.254 e. The normalized spacial score (nSPS) is 23.3. The summed E-state index contributed by atoms with van der Waals surface area (Å²) in [6, 6.07) is 3.51. The second kappa shape index (κ2) is 6.43. The van der Waals surface area contributed by atoms with Gasteiger partial charge in [0.2, 0.25) is 5.88 Å². The van der Waals surface area contributed by atoms with Crippen LogP contribution < -0.4 is 4.74 Å². The van der Waals surface area contributed by atoms with Crippen LogP contribution in [0.25, 0.3) is 0 Å². The monoisotopic (exact) mass is 290 g/mol. The Morgan fingerprint density at radius 1 is 1.38 bits per heavy atom. The van der Waals surface area contributed by atoms with Crippen molar-refractivity contribution in [3.8, 4) is 5.88 Å². The Balaban J connectivity index is 1.65. The van der Waals surface area contributed by atoms with E-state index in [2.05, 4.69) is 11.9 Å². The molecule has 0 saturated carbocycles. The molecule has 0 aromatic carbocycles. The summed E-state index contributed by atoms with van der Waals surface area (Å²) in [6.07, 6.45) is 4.74. The number of carbonyl (C=O) groups is 1. The van der Waals surface area contributed by atoms with E-state index in [0.717, 1.165) is 39.0 Å². The van der Waals surface area contributed by atoms with E-state index in [1.807, 2.05) is 4.90 Å². The van der Waals surface area contributed by atoms with Gasteiger partial charge in [-0.3, -0.25) is 4.79 Å². The molecule has 3 rings (SSSR count). The van der Waals surface area contributed by atoms with Crippen molar-refractivity contribution in [3.63, 3.8) is 0 Å². The van der Waals surface area contributed by atoms with Crippen molar-refractivity contribution in [2.24, 2.45) is 5.92 Å². The van der Waals surface area contributed by atoms with Crippen molar-refractivity contribution in [1.29, 1.82) is 0 Å². The predicted octanol–water partition coefficient (Wildman–Crippen LogP) is 2.12. The highest BCUT2D eigenvalue weighted by molar-refractivity contribution is 5.94. The molecule has 2 aliphatic rings. The third-order valence-electron chi connectivity index (χ3n) is 4.23. The maximum Gasteiger partial charge on any atom is 0.254 e. The van der Waals surface area contributed by atoms with E-state index in [0.29, 0.717) is 24.0 Å². The molecule has 21 heavy (non-hydrogen) atoms. The topological polar surface area (TPSA) is 51.7 Å². The number of pyridine rings is 1. The summed E-state index contributed by atoms with van der Waals surface area (Å²) in [4.78, 5) is 18.6. The van der Waals surface area contributed by atoms with Crippen molar-refractivity contribution < 1.29 is 14.3 Å². The molecule has 2 aliphatic heterocycles. The highest BCUT2D eigenvalue weighted by atomic mass is 16.5. The number of hydrogen-bond donors (Lipinski definition) is 0. The fourth-order valence-corrected chi connectivity index (χ4v) is 2.78. The van der Waals surface area contributed by atoms with Crippen LogP contribution in [0.15, 0.2) is 18.3 Å². The van der Waals surface area contributed by atoms with E-state index in [4.69, 9.17) is 9.47 Å². The number of ether oxygens (including phenoxy) is 2. The predicted molar refractivity (Wildman–Crippen MR) is 78.4 cm³/mol. The fourth-order valence-electron chi connectivity index (χ4n) is 2.78. The average molecular weight is 290 g/mol. The molecule has 1 atom stereocenters. The molecule has 0 spiro atoms. The van der Waals surface area contributed by atoms with Crippen LogP contribution in [-0.2, 0) is 4.74 Å². The standard InChI is InChI=1S/C16H22N2O3/c1-12-3-7-18(8-4-12)16(19)13-2-6-17-15(10-13)21-14-5-9-20-11-14/h2,6,10,12,14H,3-5,7-9,11H2,1H3/t14-/m0/s1. The fraction of sp³-hybridized carbons (Fsp3) is 0.625. The summed E-state index contributed by atoms with van der Waals surface area (Å²) in [5.74, 6) is 1.31. The average Bonchev–Trinajstić information content (AvgIpc) is 3.00. The van der Waals surface area contributed by atoms with Gasteiger partial charge in [0.25, 0.3) is 5.91 Å². The lowest BCUT2D eigenvalue weighted by Crippen LogP contribution is -2.37. The summed E-state index contributed by atoms with van der Waals surface area (Å²) in [6.45, 7) is 5.26. The summed E-state index contributed by atoms with van der Waals surface area (Å²) >= 11 is 0. The van der Waals surface area contributed by atoms with Gasteiger partial charge in [-0.2, -0.15) is 0 Å². The quantitative estimate of drug-likeness (QED) is 0.855.